The minimum Gasteiger partial charge on any atom is -0.355 e. The summed E-state index contributed by atoms with van der Waals surface area (Å²) >= 11 is 12.2. The predicted molar refractivity (Wildman–Crippen MR) is 102 cm³/mol. The van der Waals surface area contributed by atoms with E-state index < -0.39 is 6.04 Å². The summed E-state index contributed by atoms with van der Waals surface area (Å²) in [6, 6.07) is 4.72. The molecule has 0 unspecified atom stereocenters. The second-order valence-corrected chi connectivity index (χ2v) is 7.16. The first-order valence-electron chi connectivity index (χ1n) is 8.08. The van der Waals surface area contributed by atoms with Gasteiger partial charge in [0.15, 0.2) is 11.6 Å². The van der Waals surface area contributed by atoms with E-state index in [2.05, 4.69) is 10.3 Å². The van der Waals surface area contributed by atoms with Gasteiger partial charge >= 0.3 is 0 Å². The van der Waals surface area contributed by atoms with Crippen molar-refractivity contribution < 1.29 is 9.59 Å². The van der Waals surface area contributed by atoms with Gasteiger partial charge in [-0.2, -0.15) is 0 Å². The number of benzene rings is 1. The van der Waals surface area contributed by atoms with Crippen molar-refractivity contribution in [3.8, 4) is 0 Å². The number of nitrogens with one attached hydrogen (secondary N) is 2. The van der Waals surface area contributed by atoms with E-state index in [0.29, 0.717) is 32.6 Å². The predicted octanol–water partition coefficient (Wildman–Crippen LogP) is 5.06. The van der Waals surface area contributed by atoms with Crippen LogP contribution in [0.4, 0.5) is 0 Å². The van der Waals surface area contributed by atoms with Gasteiger partial charge in [0.05, 0.1) is 11.7 Å². The van der Waals surface area contributed by atoms with Gasteiger partial charge in [-0.25, -0.2) is 0 Å². The first-order chi connectivity index (χ1) is 11.6. The summed E-state index contributed by atoms with van der Waals surface area (Å²) in [5.74, 6) is -0.141. The standard InChI is InChI=1S/C19H22Cl2N2O2/c1-9-17(13(5)24)11(3)23-18(9)19(25)12(4)22-10(2)15-7-6-14(20)8-16(15)21/h6-8,10,12,22-23H,1-5H3/t10-,12+/m0/s1. The van der Waals surface area contributed by atoms with Crippen LogP contribution in [-0.2, 0) is 0 Å². The van der Waals surface area contributed by atoms with Gasteiger partial charge in [-0.1, -0.05) is 29.3 Å². The number of halogens is 2. The van der Waals surface area contributed by atoms with Crippen molar-refractivity contribution in [2.45, 2.75) is 46.7 Å². The van der Waals surface area contributed by atoms with Crippen LogP contribution in [0.15, 0.2) is 18.2 Å². The number of ketones is 2. The number of carbonyl (C=O) groups is 2. The normalized spacial score (nSPS) is 13.6. The highest BCUT2D eigenvalue weighted by Crippen LogP contribution is 2.27. The molecule has 1 heterocycles. The molecule has 1 aromatic carbocycles. The highest BCUT2D eigenvalue weighted by atomic mass is 35.5. The summed E-state index contributed by atoms with van der Waals surface area (Å²) in [4.78, 5) is 27.6. The topological polar surface area (TPSA) is 62.0 Å². The van der Waals surface area contributed by atoms with Crippen molar-refractivity contribution in [3.63, 3.8) is 0 Å². The number of Topliss-reactive ketones (excluding diaryl/α,β-unsaturated/α-hetero) is 2. The van der Waals surface area contributed by atoms with E-state index in [4.69, 9.17) is 23.2 Å². The number of aromatic nitrogens is 1. The Morgan fingerprint density at radius 1 is 1.16 bits per heavy atom. The van der Waals surface area contributed by atoms with Crippen LogP contribution in [0.1, 0.15) is 64.5 Å². The van der Waals surface area contributed by atoms with Crippen LogP contribution in [-0.4, -0.2) is 22.6 Å². The number of carbonyl (C=O) groups excluding carboxylic acids is 2. The quantitative estimate of drug-likeness (QED) is 0.688. The Kier molecular flexibility index (Phi) is 6.09. The fraction of sp³-hybridized carbons (Fsp3) is 0.368. The molecule has 25 heavy (non-hydrogen) atoms. The molecule has 0 spiro atoms. The average molecular weight is 381 g/mol. The fourth-order valence-corrected chi connectivity index (χ4v) is 3.71. The molecule has 2 aromatic rings. The van der Waals surface area contributed by atoms with Crippen molar-refractivity contribution in [1.29, 1.82) is 0 Å². The van der Waals surface area contributed by atoms with Crippen LogP contribution in [0.25, 0.3) is 0 Å². The second-order valence-electron chi connectivity index (χ2n) is 6.32. The van der Waals surface area contributed by atoms with Gasteiger partial charge in [-0.15, -0.1) is 0 Å². The minimum atomic E-state index is -0.446. The molecular weight excluding hydrogens is 359 g/mol. The van der Waals surface area contributed by atoms with Crippen LogP contribution >= 0.6 is 23.2 Å². The monoisotopic (exact) mass is 380 g/mol. The zero-order valence-corrected chi connectivity index (χ0v) is 16.5. The third-order valence-corrected chi connectivity index (χ3v) is 4.92. The maximum atomic E-state index is 12.8. The van der Waals surface area contributed by atoms with Crippen LogP contribution in [0.3, 0.4) is 0 Å². The molecule has 0 aliphatic heterocycles. The molecule has 0 aliphatic rings. The molecule has 0 aliphatic carbocycles. The summed E-state index contributed by atoms with van der Waals surface area (Å²) in [5, 5.41) is 4.38. The van der Waals surface area contributed by atoms with Crippen LogP contribution in [0.5, 0.6) is 0 Å². The zero-order valence-electron chi connectivity index (χ0n) is 15.0. The Morgan fingerprint density at radius 3 is 2.32 bits per heavy atom. The second kappa shape index (κ2) is 7.73. The lowest BCUT2D eigenvalue weighted by Gasteiger charge is -2.20. The minimum absolute atomic E-state index is 0.0489. The molecule has 0 bridgehead atoms. The van der Waals surface area contributed by atoms with Gasteiger partial charge in [-0.05, 0) is 57.9 Å². The summed E-state index contributed by atoms with van der Waals surface area (Å²) in [6.07, 6.45) is 0. The lowest BCUT2D eigenvalue weighted by molar-refractivity contribution is 0.0940. The zero-order chi connectivity index (χ0) is 18.9. The number of rotatable bonds is 6. The smallest absolute Gasteiger partial charge is 0.195 e. The fourth-order valence-electron chi connectivity index (χ4n) is 3.13. The molecule has 134 valence electrons. The molecule has 2 atom stereocenters. The lowest BCUT2D eigenvalue weighted by atomic mass is 10.0. The Balaban J connectivity index is 2.20. The number of aromatic amines is 1. The Hall–Kier alpha value is -1.62. The van der Waals surface area contributed by atoms with E-state index in [9.17, 15) is 9.59 Å². The molecular formula is C19H22Cl2N2O2. The average Bonchev–Trinajstić information content (AvgIpc) is 2.80. The van der Waals surface area contributed by atoms with Crippen molar-refractivity contribution in [1.82, 2.24) is 10.3 Å². The van der Waals surface area contributed by atoms with Crippen molar-refractivity contribution in [2.24, 2.45) is 0 Å². The van der Waals surface area contributed by atoms with Crippen LogP contribution in [0.2, 0.25) is 10.0 Å². The molecule has 0 saturated heterocycles. The molecule has 2 N–H and O–H groups in total. The van der Waals surface area contributed by atoms with Gasteiger partial charge in [-0.3, -0.25) is 9.59 Å². The molecule has 0 amide bonds. The van der Waals surface area contributed by atoms with Gasteiger partial charge in [0.2, 0.25) is 0 Å². The SMILES string of the molecule is CC(=O)c1c(C)[nH]c(C(=O)[C@@H](C)N[C@@H](C)c2ccc(Cl)cc2Cl)c1C. The highest BCUT2D eigenvalue weighted by molar-refractivity contribution is 6.35. The van der Waals surface area contributed by atoms with Crippen molar-refractivity contribution in [3.05, 3.63) is 56.3 Å². The maximum absolute atomic E-state index is 12.8. The summed E-state index contributed by atoms with van der Waals surface area (Å²) in [5.41, 5.74) is 3.34. The molecule has 0 radical (unpaired) electrons. The van der Waals surface area contributed by atoms with Gasteiger partial charge in [0.1, 0.15) is 0 Å². The van der Waals surface area contributed by atoms with E-state index >= 15 is 0 Å². The molecule has 1 aromatic heterocycles. The molecule has 0 fully saturated rings. The first kappa shape index (κ1) is 19.7. The molecule has 2 rings (SSSR count). The van der Waals surface area contributed by atoms with E-state index in [-0.39, 0.29) is 17.6 Å². The highest BCUT2D eigenvalue weighted by Gasteiger charge is 2.25. The van der Waals surface area contributed by atoms with Gasteiger partial charge in [0.25, 0.3) is 0 Å². The maximum Gasteiger partial charge on any atom is 0.195 e. The number of hydrogen-bond donors (Lipinski definition) is 2. The molecule has 0 saturated carbocycles. The largest absolute Gasteiger partial charge is 0.355 e. The number of H-pyrrole nitrogens is 1. The van der Waals surface area contributed by atoms with E-state index in [0.717, 1.165) is 5.56 Å². The van der Waals surface area contributed by atoms with Gasteiger partial charge in [0, 0.05) is 27.3 Å². The summed E-state index contributed by atoms with van der Waals surface area (Å²) in [6.45, 7) is 8.83. The Bertz CT molecular complexity index is 827. The van der Waals surface area contributed by atoms with Crippen LogP contribution in [0, 0.1) is 13.8 Å². The lowest BCUT2D eigenvalue weighted by Crippen LogP contribution is -2.36. The third-order valence-electron chi connectivity index (χ3n) is 4.36. The number of aryl methyl sites for hydroxylation is 1. The van der Waals surface area contributed by atoms with Crippen molar-refractivity contribution in [2.75, 3.05) is 0 Å². The summed E-state index contributed by atoms with van der Waals surface area (Å²) < 4.78 is 0. The third kappa shape index (κ3) is 4.14. The van der Waals surface area contributed by atoms with E-state index in [1.165, 1.54) is 6.92 Å². The van der Waals surface area contributed by atoms with E-state index in [1.807, 2.05) is 13.0 Å². The van der Waals surface area contributed by atoms with Crippen LogP contribution < -0.4 is 5.32 Å². The Morgan fingerprint density at radius 2 is 1.80 bits per heavy atom. The number of hydrogen-bond acceptors (Lipinski definition) is 3. The van der Waals surface area contributed by atoms with Gasteiger partial charge < -0.3 is 10.3 Å². The van der Waals surface area contributed by atoms with Crippen molar-refractivity contribution >= 4 is 34.8 Å². The molecule has 4 nitrogen and oxygen atoms in total. The van der Waals surface area contributed by atoms with E-state index in [1.54, 1.807) is 32.9 Å². The summed E-state index contributed by atoms with van der Waals surface area (Å²) in [7, 11) is 0. The molecule has 6 heteroatoms. The Labute approximate surface area is 157 Å². The first-order valence-corrected chi connectivity index (χ1v) is 8.84.